The fraction of sp³-hybridized carbons (Fsp3) is 0.738. The number of aliphatic hydroxyl groups is 2. The highest BCUT2D eigenvalue weighted by atomic mass is 31.2. The van der Waals surface area contributed by atoms with Gasteiger partial charge in [-0.15, -0.1) is 0 Å². The lowest BCUT2D eigenvalue weighted by Crippen LogP contribution is -2.29. The first-order valence-electron chi connectivity index (χ1n) is 20.5. The van der Waals surface area contributed by atoms with Gasteiger partial charge in [0.05, 0.1) is 19.8 Å². The van der Waals surface area contributed by atoms with Crippen molar-refractivity contribution in [1.29, 1.82) is 0 Å². The number of allylic oxidation sites excluding steroid dienone is 8. The highest BCUT2D eigenvalue weighted by molar-refractivity contribution is 7.47. The molecule has 1 unspecified atom stereocenters. The number of ketones is 1. The van der Waals surface area contributed by atoms with E-state index in [9.17, 15) is 28.9 Å². The van der Waals surface area contributed by atoms with Crippen LogP contribution < -0.4 is 0 Å². The number of hydrogen-bond donors (Lipinski definition) is 3. The van der Waals surface area contributed by atoms with Gasteiger partial charge in [-0.25, -0.2) is 4.57 Å². The quantitative estimate of drug-likeness (QED) is 0.0136. The molecule has 0 amide bonds. The van der Waals surface area contributed by atoms with E-state index in [0.29, 0.717) is 25.7 Å². The van der Waals surface area contributed by atoms with Crippen LogP contribution in [0.1, 0.15) is 162 Å². The molecule has 0 radical (unpaired) electrons. The Hall–Kier alpha value is -2.40. The third kappa shape index (κ3) is 36.6. The van der Waals surface area contributed by atoms with Gasteiger partial charge in [0, 0.05) is 19.3 Å². The van der Waals surface area contributed by atoms with Crippen LogP contribution in [-0.2, 0) is 37.5 Å². The zero-order chi connectivity index (χ0) is 40.0. The van der Waals surface area contributed by atoms with E-state index in [-0.39, 0.29) is 25.2 Å². The van der Waals surface area contributed by atoms with Crippen molar-refractivity contribution in [3.8, 4) is 0 Å². The lowest BCUT2D eigenvalue weighted by molar-refractivity contribution is -0.161. The van der Waals surface area contributed by atoms with Gasteiger partial charge < -0.3 is 24.6 Å². The smallest absolute Gasteiger partial charge is 0.462 e. The molecule has 0 rings (SSSR count). The summed E-state index contributed by atoms with van der Waals surface area (Å²) < 4.78 is 32.5. The molecule has 0 aliphatic rings. The van der Waals surface area contributed by atoms with Gasteiger partial charge in [-0.3, -0.25) is 23.4 Å². The number of esters is 2. The van der Waals surface area contributed by atoms with Gasteiger partial charge in [0.15, 0.2) is 11.9 Å². The van der Waals surface area contributed by atoms with Crippen molar-refractivity contribution >= 4 is 25.5 Å². The van der Waals surface area contributed by atoms with Gasteiger partial charge in [0.2, 0.25) is 0 Å². The molecule has 3 atom stereocenters. The number of aliphatic hydroxyl groups excluding tert-OH is 2. The first kappa shape index (κ1) is 51.6. The summed E-state index contributed by atoms with van der Waals surface area (Å²) in [6.07, 6.45) is 35.0. The summed E-state index contributed by atoms with van der Waals surface area (Å²) in [4.78, 5) is 46.6. The number of phosphoric ester groups is 1. The van der Waals surface area contributed by atoms with Crippen LogP contribution in [0.2, 0.25) is 0 Å². The summed E-state index contributed by atoms with van der Waals surface area (Å²) in [6, 6.07) is 0. The lowest BCUT2D eigenvalue weighted by Gasteiger charge is -2.20. The van der Waals surface area contributed by atoms with Crippen LogP contribution in [-0.4, -0.2) is 71.5 Å². The standard InChI is InChI=1S/C42H73O11P/c1-3-5-7-8-9-10-11-12-15-18-21-24-28-32-41(46)50-36-40(37-52-54(48,49)51-35-39(45)34-43)53-42(47)33-29-25-22-19-16-13-14-17-20-23-27-31-38(44)30-26-6-4-2/h13-14,19-20,22-23,27,31,39-40,43,45H,3-12,15-18,21,24-26,28-30,32-37H2,1-2H3,(H,48,49)/b14-13-,22-19-,23-20-,31-27+/t39-,40+/m0/s1. The molecule has 3 N–H and O–H groups in total. The Balaban J connectivity index is 4.48. The maximum atomic E-state index is 12.6. The van der Waals surface area contributed by atoms with Crippen molar-refractivity contribution < 1.29 is 52.6 Å². The minimum absolute atomic E-state index is 0.0823. The fourth-order valence-electron chi connectivity index (χ4n) is 5.23. The second kappa shape index (κ2) is 37.5. The predicted molar refractivity (Wildman–Crippen MR) is 215 cm³/mol. The van der Waals surface area contributed by atoms with Gasteiger partial charge in [-0.1, -0.05) is 146 Å². The summed E-state index contributed by atoms with van der Waals surface area (Å²) in [5.41, 5.74) is 0. The Morgan fingerprint density at radius 2 is 1.13 bits per heavy atom. The molecule has 0 bridgehead atoms. The van der Waals surface area contributed by atoms with Gasteiger partial charge in [-0.05, 0) is 44.6 Å². The maximum absolute atomic E-state index is 12.6. The largest absolute Gasteiger partial charge is 0.472 e. The monoisotopic (exact) mass is 784 g/mol. The number of carbonyl (C=O) groups is 3. The van der Waals surface area contributed by atoms with Gasteiger partial charge >= 0.3 is 19.8 Å². The van der Waals surface area contributed by atoms with E-state index < -0.39 is 51.8 Å². The van der Waals surface area contributed by atoms with E-state index >= 15 is 0 Å². The molecular weight excluding hydrogens is 711 g/mol. The SMILES string of the molecule is CCCCCCCCCCCCCCCC(=O)OC[C@H](COP(=O)(O)OC[C@@H](O)CO)OC(=O)CCC/C=C\C/C=C\C/C=C\C=C\C(=O)CCCCC. The molecule has 0 aromatic heterocycles. The molecule has 12 heteroatoms. The average Bonchev–Trinajstić information content (AvgIpc) is 3.15. The number of hydrogen-bond acceptors (Lipinski definition) is 10. The third-order valence-corrected chi connectivity index (χ3v) is 9.41. The van der Waals surface area contributed by atoms with Crippen LogP contribution in [0, 0.1) is 0 Å². The second-order valence-corrected chi connectivity index (χ2v) is 15.2. The summed E-state index contributed by atoms with van der Waals surface area (Å²) in [5, 5.41) is 18.3. The fourth-order valence-corrected chi connectivity index (χ4v) is 6.02. The van der Waals surface area contributed by atoms with Crippen molar-refractivity contribution in [2.45, 2.75) is 174 Å². The molecular formula is C42H73O11P. The molecule has 0 spiro atoms. The van der Waals surface area contributed by atoms with Crippen LogP contribution in [0.4, 0.5) is 0 Å². The molecule has 54 heavy (non-hydrogen) atoms. The molecule has 0 saturated heterocycles. The molecule has 0 heterocycles. The zero-order valence-electron chi connectivity index (χ0n) is 33.4. The summed E-state index contributed by atoms with van der Waals surface area (Å²) in [5.74, 6) is -0.869. The van der Waals surface area contributed by atoms with Crippen molar-refractivity contribution in [2.75, 3.05) is 26.4 Å². The van der Waals surface area contributed by atoms with E-state index in [1.807, 2.05) is 36.5 Å². The lowest BCUT2D eigenvalue weighted by atomic mass is 10.0. The number of rotatable bonds is 38. The molecule has 0 aromatic carbocycles. The predicted octanol–water partition coefficient (Wildman–Crippen LogP) is 9.73. The van der Waals surface area contributed by atoms with E-state index in [1.54, 1.807) is 12.2 Å². The first-order valence-corrected chi connectivity index (χ1v) is 22.0. The molecule has 0 aromatic rings. The van der Waals surface area contributed by atoms with E-state index in [1.165, 1.54) is 57.8 Å². The van der Waals surface area contributed by atoms with Crippen molar-refractivity contribution in [1.82, 2.24) is 0 Å². The minimum Gasteiger partial charge on any atom is -0.462 e. The number of ether oxygens (including phenoxy) is 2. The average molecular weight is 785 g/mol. The van der Waals surface area contributed by atoms with Crippen LogP contribution in [0.15, 0.2) is 48.6 Å². The Morgan fingerprint density at radius 3 is 1.76 bits per heavy atom. The maximum Gasteiger partial charge on any atom is 0.472 e. The van der Waals surface area contributed by atoms with Crippen molar-refractivity contribution in [3.05, 3.63) is 48.6 Å². The van der Waals surface area contributed by atoms with Crippen molar-refractivity contribution in [3.63, 3.8) is 0 Å². The zero-order valence-corrected chi connectivity index (χ0v) is 34.3. The molecule has 0 saturated carbocycles. The molecule has 11 nitrogen and oxygen atoms in total. The highest BCUT2D eigenvalue weighted by Crippen LogP contribution is 2.43. The van der Waals surface area contributed by atoms with Crippen LogP contribution in [0.5, 0.6) is 0 Å². The molecule has 312 valence electrons. The Bertz CT molecular complexity index is 1100. The van der Waals surface area contributed by atoms with Crippen LogP contribution in [0.25, 0.3) is 0 Å². The van der Waals surface area contributed by atoms with Crippen molar-refractivity contribution in [2.24, 2.45) is 0 Å². The molecule has 0 fully saturated rings. The topological polar surface area (TPSA) is 166 Å². The highest BCUT2D eigenvalue weighted by Gasteiger charge is 2.27. The Labute approximate surface area is 326 Å². The van der Waals surface area contributed by atoms with Gasteiger partial charge in [-0.2, -0.15) is 0 Å². The normalized spacial score (nSPS) is 14.3. The van der Waals surface area contributed by atoms with E-state index in [0.717, 1.165) is 51.4 Å². The van der Waals surface area contributed by atoms with Crippen LogP contribution in [0.3, 0.4) is 0 Å². The van der Waals surface area contributed by atoms with Crippen LogP contribution >= 0.6 is 7.82 Å². The minimum atomic E-state index is -4.64. The molecule has 0 aliphatic carbocycles. The van der Waals surface area contributed by atoms with Gasteiger partial charge in [0.25, 0.3) is 0 Å². The first-order chi connectivity index (χ1) is 26.1. The number of carbonyl (C=O) groups excluding carboxylic acids is 3. The second-order valence-electron chi connectivity index (χ2n) is 13.7. The number of unbranched alkanes of at least 4 members (excludes halogenated alkanes) is 15. The molecule has 0 aliphatic heterocycles. The van der Waals surface area contributed by atoms with E-state index in [4.69, 9.17) is 19.1 Å². The Kier molecular flexibility index (Phi) is 35.9. The Morgan fingerprint density at radius 1 is 0.611 bits per heavy atom. The van der Waals surface area contributed by atoms with E-state index in [2.05, 4.69) is 18.4 Å². The van der Waals surface area contributed by atoms with Gasteiger partial charge in [0.1, 0.15) is 12.7 Å². The summed E-state index contributed by atoms with van der Waals surface area (Å²) in [7, 11) is -4.64. The summed E-state index contributed by atoms with van der Waals surface area (Å²) in [6.45, 7) is 2.12. The summed E-state index contributed by atoms with van der Waals surface area (Å²) >= 11 is 0. The third-order valence-electron chi connectivity index (χ3n) is 8.46. The number of phosphoric acid groups is 1.